The molecule has 3 aromatic rings. The van der Waals surface area contributed by atoms with E-state index in [4.69, 9.17) is 5.11 Å². The van der Waals surface area contributed by atoms with E-state index >= 15 is 0 Å². The molecule has 0 saturated carbocycles. The van der Waals surface area contributed by atoms with Gasteiger partial charge in [0.2, 0.25) is 0 Å². The monoisotopic (exact) mass is 376 g/mol. The summed E-state index contributed by atoms with van der Waals surface area (Å²) >= 11 is -0.169. The van der Waals surface area contributed by atoms with Gasteiger partial charge in [-0.1, -0.05) is 0 Å². The van der Waals surface area contributed by atoms with Crippen LogP contribution in [-0.2, 0) is 17.6 Å². The molecule has 1 heterocycles. The molecule has 5 heteroatoms. The third-order valence-electron chi connectivity index (χ3n) is 3.51. The van der Waals surface area contributed by atoms with E-state index in [1.54, 1.807) is 18.2 Å². The fourth-order valence-electron chi connectivity index (χ4n) is 2.43. The van der Waals surface area contributed by atoms with Crippen molar-refractivity contribution in [3.8, 4) is 0 Å². The topological polar surface area (TPSA) is 54.4 Å². The minimum atomic E-state index is -0.880. The van der Waals surface area contributed by atoms with Crippen LogP contribution < -0.4 is 0 Å². The Bertz CT molecular complexity index is 881. The molecule has 0 saturated heterocycles. The predicted molar refractivity (Wildman–Crippen MR) is 86.7 cm³/mol. The number of aromatic carboxylic acids is 1. The summed E-state index contributed by atoms with van der Waals surface area (Å²) in [6, 6.07) is 13.3. The number of benzene rings is 2. The van der Waals surface area contributed by atoms with Gasteiger partial charge in [0, 0.05) is 0 Å². The van der Waals surface area contributed by atoms with Gasteiger partial charge in [-0.3, -0.25) is 0 Å². The Hall–Kier alpha value is -2.23. The van der Waals surface area contributed by atoms with Crippen LogP contribution in [0.5, 0.6) is 0 Å². The molecule has 1 aromatic heterocycles. The Morgan fingerprint density at radius 2 is 1.61 bits per heavy atom. The fraction of sp³-hybridized carbons (Fsp3) is 0.111. The van der Waals surface area contributed by atoms with Crippen LogP contribution >= 0.6 is 0 Å². The van der Waals surface area contributed by atoms with Gasteiger partial charge in [-0.15, -0.1) is 0 Å². The molecule has 0 amide bonds. The van der Waals surface area contributed by atoms with Crippen LogP contribution in [0.3, 0.4) is 0 Å². The molecule has 0 atom stereocenters. The summed E-state index contributed by atoms with van der Waals surface area (Å²) in [6.07, 6.45) is 0.547. The standard InChI is InChI=1S/C18H13FO3Se/c19-14-4-1-11(2-5-14)8-15(20)9-12-3-6-16-13(7-12)10-17(23-16)18(21)22/h1-7,10H,8-9H2,(H,21,22). The minimum absolute atomic E-state index is 0.0440. The molecule has 0 bridgehead atoms. The molecule has 0 aliphatic heterocycles. The number of rotatable bonds is 5. The van der Waals surface area contributed by atoms with E-state index in [0.29, 0.717) is 4.44 Å². The van der Waals surface area contributed by atoms with Gasteiger partial charge in [-0.25, -0.2) is 0 Å². The number of carboxylic acids is 1. The zero-order valence-electron chi connectivity index (χ0n) is 12.1. The number of hydrogen-bond acceptors (Lipinski definition) is 2. The van der Waals surface area contributed by atoms with Crippen LogP contribution in [0.25, 0.3) is 9.65 Å². The van der Waals surface area contributed by atoms with E-state index in [-0.39, 0.29) is 38.9 Å². The first-order chi connectivity index (χ1) is 11.0. The molecule has 0 aliphatic carbocycles. The number of hydrogen-bond donors (Lipinski definition) is 1. The van der Waals surface area contributed by atoms with Crippen molar-refractivity contribution in [2.45, 2.75) is 12.8 Å². The SMILES string of the molecule is O=C(Cc1ccc(F)cc1)Cc1ccc2[se]c(C(=O)O)cc2c1. The molecule has 2 aromatic carbocycles. The molecular formula is C18H13FO3Se. The maximum absolute atomic E-state index is 12.9. The summed E-state index contributed by atoms with van der Waals surface area (Å²) in [6.45, 7) is 0. The Balaban J connectivity index is 1.74. The predicted octanol–water partition coefficient (Wildman–Crippen LogP) is 3.09. The first-order valence-corrected chi connectivity index (χ1v) is 8.74. The number of halogens is 1. The Labute approximate surface area is 138 Å². The van der Waals surface area contributed by atoms with Crippen LogP contribution in [0, 0.1) is 5.82 Å². The molecule has 3 nitrogen and oxygen atoms in total. The van der Waals surface area contributed by atoms with Crippen LogP contribution in [0.15, 0.2) is 48.5 Å². The van der Waals surface area contributed by atoms with Crippen LogP contribution in [-0.4, -0.2) is 31.4 Å². The van der Waals surface area contributed by atoms with Gasteiger partial charge < -0.3 is 0 Å². The number of carbonyl (C=O) groups is 2. The van der Waals surface area contributed by atoms with Crippen molar-refractivity contribution in [3.05, 3.63) is 69.9 Å². The quantitative estimate of drug-likeness (QED) is 0.698. The summed E-state index contributed by atoms with van der Waals surface area (Å²) in [5.41, 5.74) is 1.66. The van der Waals surface area contributed by atoms with Crippen molar-refractivity contribution in [2.75, 3.05) is 0 Å². The van der Waals surface area contributed by atoms with Crippen LogP contribution in [0.4, 0.5) is 4.39 Å². The number of carboxylic acid groups (broad SMARTS) is 1. The van der Waals surface area contributed by atoms with Gasteiger partial charge >= 0.3 is 138 Å². The van der Waals surface area contributed by atoms with E-state index < -0.39 is 5.97 Å². The van der Waals surface area contributed by atoms with E-state index in [2.05, 4.69) is 0 Å². The molecule has 3 rings (SSSR count). The summed E-state index contributed by atoms with van der Waals surface area (Å²) < 4.78 is 14.3. The number of ketones is 1. The Kier molecular flexibility index (Phi) is 4.42. The van der Waals surface area contributed by atoms with Gasteiger partial charge in [-0.05, 0) is 0 Å². The molecule has 0 aliphatic rings. The third kappa shape index (κ3) is 3.76. The summed E-state index contributed by atoms with van der Waals surface area (Å²) in [5, 5.41) is 9.95. The second kappa shape index (κ2) is 6.49. The van der Waals surface area contributed by atoms with E-state index in [1.165, 1.54) is 12.1 Å². The van der Waals surface area contributed by atoms with Gasteiger partial charge in [0.05, 0.1) is 0 Å². The zero-order valence-corrected chi connectivity index (χ0v) is 13.8. The molecule has 0 unspecified atom stereocenters. The van der Waals surface area contributed by atoms with Crippen molar-refractivity contribution in [1.29, 1.82) is 0 Å². The van der Waals surface area contributed by atoms with Gasteiger partial charge in [0.25, 0.3) is 0 Å². The second-order valence-electron chi connectivity index (χ2n) is 5.31. The maximum atomic E-state index is 12.9. The van der Waals surface area contributed by atoms with Crippen molar-refractivity contribution < 1.29 is 19.1 Å². The third-order valence-corrected chi connectivity index (χ3v) is 5.82. The van der Waals surface area contributed by atoms with E-state index in [1.807, 2.05) is 18.2 Å². The second-order valence-corrected chi connectivity index (χ2v) is 7.58. The Morgan fingerprint density at radius 3 is 2.30 bits per heavy atom. The summed E-state index contributed by atoms with van der Waals surface area (Å²) in [7, 11) is 0. The van der Waals surface area contributed by atoms with E-state index in [0.717, 1.165) is 20.8 Å². The first-order valence-electron chi connectivity index (χ1n) is 7.03. The molecule has 1 N–H and O–H groups in total. The average molecular weight is 375 g/mol. The molecular weight excluding hydrogens is 362 g/mol. The van der Waals surface area contributed by atoms with Crippen LogP contribution in [0.1, 0.15) is 20.4 Å². The Morgan fingerprint density at radius 1 is 0.957 bits per heavy atom. The number of Topliss-reactive ketones (excluding diaryl/α,β-unsaturated/α-hetero) is 1. The normalized spacial score (nSPS) is 10.8. The molecule has 23 heavy (non-hydrogen) atoms. The fourth-order valence-corrected chi connectivity index (χ4v) is 4.28. The molecule has 0 spiro atoms. The van der Waals surface area contributed by atoms with Crippen LogP contribution in [0.2, 0.25) is 0 Å². The van der Waals surface area contributed by atoms with Crippen molar-refractivity contribution in [3.63, 3.8) is 0 Å². The van der Waals surface area contributed by atoms with Gasteiger partial charge in [0.1, 0.15) is 0 Å². The molecule has 116 valence electrons. The number of carbonyl (C=O) groups excluding carboxylic acids is 1. The van der Waals surface area contributed by atoms with Crippen molar-refractivity contribution in [1.82, 2.24) is 0 Å². The van der Waals surface area contributed by atoms with Crippen molar-refractivity contribution in [2.24, 2.45) is 0 Å². The molecule has 0 radical (unpaired) electrons. The summed E-state index contributed by atoms with van der Waals surface area (Å²) in [4.78, 5) is 23.2. The molecule has 0 fully saturated rings. The average Bonchev–Trinajstić information content (AvgIpc) is 2.93. The first kappa shape index (κ1) is 15.7. The zero-order chi connectivity index (χ0) is 16.4. The number of fused-ring (bicyclic) bond motifs is 1. The van der Waals surface area contributed by atoms with Gasteiger partial charge in [0.15, 0.2) is 0 Å². The van der Waals surface area contributed by atoms with Gasteiger partial charge in [-0.2, -0.15) is 0 Å². The van der Waals surface area contributed by atoms with E-state index in [9.17, 15) is 14.0 Å². The summed E-state index contributed by atoms with van der Waals surface area (Å²) in [5.74, 6) is -1.15. The van der Waals surface area contributed by atoms with Crippen molar-refractivity contribution >= 4 is 35.9 Å².